The van der Waals surface area contributed by atoms with E-state index in [1.54, 1.807) is 30.0 Å². The molecule has 2 aromatic carbocycles. The molecule has 2 aromatic rings. The number of fused-ring (bicyclic) bond motifs is 1. The lowest BCUT2D eigenvalue weighted by Gasteiger charge is -2.38. The van der Waals surface area contributed by atoms with Crippen molar-refractivity contribution in [2.24, 2.45) is 4.99 Å². The highest BCUT2D eigenvalue weighted by Gasteiger charge is 2.42. The summed E-state index contributed by atoms with van der Waals surface area (Å²) in [6.07, 6.45) is 0.0833. The second-order valence-corrected chi connectivity index (χ2v) is 9.61. The van der Waals surface area contributed by atoms with E-state index in [9.17, 15) is 9.59 Å². The van der Waals surface area contributed by atoms with E-state index in [2.05, 4.69) is 5.32 Å². The number of likely N-dealkylation sites (N-methyl/N-ethyl adjacent to an activating group) is 1. The molecule has 2 heterocycles. The van der Waals surface area contributed by atoms with E-state index in [0.29, 0.717) is 40.8 Å². The van der Waals surface area contributed by atoms with Crippen molar-refractivity contribution in [1.82, 2.24) is 15.1 Å². The lowest BCUT2D eigenvalue weighted by Crippen LogP contribution is -2.42. The monoisotopic (exact) mass is 506 g/mol. The Labute approximate surface area is 216 Å². The highest BCUT2D eigenvalue weighted by Crippen LogP contribution is 2.45. The first kappa shape index (κ1) is 25.7. The van der Waals surface area contributed by atoms with Gasteiger partial charge in [0.2, 0.25) is 5.91 Å². The summed E-state index contributed by atoms with van der Waals surface area (Å²) < 4.78 is 15.2. The maximum Gasteiger partial charge on any atom is 0.254 e. The molecular weight excluding hydrogens is 475 g/mol. The third-order valence-electron chi connectivity index (χ3n) is 6.50. The summed E-state index contributed by atoms with van der Waals surface area (Å²) in [5.41, 5.74) is 3.07. The van der Waals surface area contributed by atoms with Crippen LogP contribution < -0.4 is 5.32 Å². The van der Waals surface area contributed by atoms with Crippen molar-refractivity contribution in [3.8, 4) is 0 Å². The zero-order valence-corrected chi connectivity index (χ0v) is 21.8. The minimum Gasteiger partial charge on any atom is -0.349 e. The van der Waals surface area contributed by atoms with Crippen LogP contribution in [0, 0.1) is 5.82 Å². The summed E-state index contributed by atoms with van der Waals surface area (Å²) >= 11 is 1.39. The lowest BCUT2D eigenvalue weighted by molar-refractivity contribution is -0.127. The van der Waals surface area contributed by atoms with Crippen LogP contribution in [0.25, 0.3) is 0 Å². The number of allylic oxidation sites excluding steroid dienone is 1. The number of carbonyl (C=O) groups excluding carboxylic acids is 2. The number of carbonyl (C=O) groups is 2. The first-order valence-corrected chi connectivity index (χ1v) is 13.1. The summed E-state index contributed by atoms with van der Waals surface area (Å²) in [4.78, 5) is 35.0. The number of hydrogen-bond acceptors (Lipinski definition) is 5. The molecule has 0 bridgehead atoms. The Morgan fingerprint density at radius 1 is 1.11 bits per heavy atom. The predicted molar refractivity (Wildman–Crippen MR) is 142 cm³/mol. The van der Waals surface area contributed by atoms with Gasteiger partial charge in [-0.2, -0.15) is 0 Å². The maximum atomic E-state index is 15.2. The fourth-order valence-corrected chi connectivity index (χ4v) is 5.56. The van der Waals surface area contributed by atoms with Crippen molar-refractivity contribution in [2.75, 3.05) is 13.1 Å². The van der Waals surface area contributed by atoms with Gasteiger partial charge in [0.1, 0.15) is 5.82 Å². The Hall–Kier alpha value is -3.39. The Balaban J connectivity index is 1.67. The molecule has 188 valence electrons. The molecule has 4 rings (SSSR count). The molecule has 0 fully saturated rings. The van der Waals surface area contributed by atoms with Crippen LogP contribution >= 0.6 is 11.8 Å². The van der Waals surface area contributed by atoms with E-state index in [4.69, 9.17) is 4.99 Å². The van der Waals surface area contributed by atoms with Crippen LogP contribution in [-0.4, -0.2) is 39.9 Å². The van der Waals surface area contributed by atoms with Gasteiger partial charge >= 0.3 is 0 Å². The molecule has 36 heavy (non-hydrogen) atoms. The smallest absolute Gasteiger partial charge is 0.254 e. The van der Waals surface area contributed by atoms with E-state index in [-0.39, 0.29) is 24.3 Å². The first-order chi connectivity index (χ1) is 17.3. The molecule has 0 aromatic heterocycles. The molecule has 2 aliphatic heterocycles. The standard InChI is InChI=1S/C28H31FN4O2S/c1-5-32(6-2)27(35)25-19(4)31-28-33(26(25)22-14-10-11-15-23(22)29)21(17-36-28)16-24(34)30-18(3)20-12-8-7-9-13-20/h7-15,17-18,26H,5-6,16H2,1-4H3,(H,30,34)/t18-,26+/m0/s1. The lowest BCUT2D eigenvalue weighted by atomic mass is 9.92. The highest BCUT2D eigenvalue weighted by molar-refractivity contribution is 8.16. The summed E-state index contributed by atoms with van der Waals surface area (Å²) in [6, 6.07) is 15.4. The molecule has 0 saturated carbocycles. The van der Waals surface area contributed by atoms with Gasteiger partial charge in [-0.3, -0.25) is 9.59 Å². The van der Waals surface area contributed by atoms with E-state index in [1.807, 2.05) is 61.4 Å². The van der Waals surface area contributed by atoms with Gasteiger partial charge in [0.15, 0.2) is 5.17 Å². The number of thioether (sulfide) groups is 1. The van der Waals surface area contributed by atoms with Crippen LogP contribution in [0.1, 0.15) is 57.3 Å². The topological polar surface area (TPSA) is 65.0 Å². The van der Waals surface area contributed by atoms with Gasteiger partial charge in [-0.05, 0) is 44.7 Å². The first-order valence-electron chi connectivity index (χ1n) is 12.2. The van der Waals surface area contributed by atoms with Gasteiger partial charge in [0.25, 0.3) is 5.91 Å². The molecule has 0 radical (unpaired) electrons. The van der Waals surface area contributed by atoms with Gasteiger partial charge < -0.3 is 15.1 Å². The van der Waals surface area contributed by atoms with E-state index in [1.165, 1.54) is 17.8 Å². The van der Waals surface area contributed by atoms with E-state index in [0.717, 1.165) is 5.56 Å². The number of nitrogens with zero attached hydrogens (tertiary/aromatic N) is 3. The van der Waals surface area contributed by atoms with Crippen LogP contribution in [0.15, 0.2) is 82.0 Å². The van der Waals surface area contributed by atoms with Crippen molar-refractivity contribution in [3.63, 3.8) is 0 Å². The molecule has 1 N–H and O–H groups in total. The zero-order valence-electron chi connectivity index (χ0n) is 21.0. The van der Waals surface area contributed by atoms with Gasteiger partial charge in [0.05, 0.1) is 29.8 Å². The second-order valence-electron chi connectivity index (χ2n) is 8.77. The quantitative estimate of drug-likeness (QED) is 0.511. The largest absolute Gasteiger partial charge is 0.349 e. The molecule has 2 aliphatic rings. The SMILES string of the molecule is CCN(CC)C(=O)C1=C(C)N=C2SC=C(CC(=O)N[C@@H](C)c3ccccc3)N2[C@@H]1c1ccccc1F. The molecule has 6 nitrogen and oxygen atoms in total. The minimum atomic E-state index is -0.715. The fraction of sp³-hybridized carbons (Fsp3) is 0.321. The molecule has 0 spiro atoms. The summed E-state index contributed by atoms with van der Waals surface area (Å²) in [6.45, 7) is 8.63. The highest BCUT2D eigenvalue weighted by atomic mass is 32.2. The number of amidine groups is 1. The maximum absolute atomic E-state index is 15.2. The minimum absolute atomic E-state index is 0.0833. The van der Waals surface area contributed by atoms with Crippen molar-refractivity contribution < 1.29 is 14.0 Å². The van der Waals surface area contributed by atoms with Crippen LogP contribution in [0.5, 0.6) is 0 Å². The average Bonchev–Trinajstić information content (AvgIpc) is 3.26. The van der Waals surface area contributed by atoms with Crippen LogP contribution in [0.4, 0.5) is 4.39 Å². The molecule has 0 saturated heterocycles. The third-order valence-corrected chi connectivity index (χ3v) is 7.39. The van der Waals surface area contributed by atoms with Crippen LogP contribution in [0.3, 0.4) is 0 Å². The van der Waals surface area contributed by atoms with Crippen LogP contribution in [-0.2, 0) is 9.59 Å². The third kappa shape index (κ3) is 5.09. The van der Waals surface area contributed by atoms with Gasteiger partial charge in [-0.1, -0.05) is 60.3 Å². The Kier molecular flexibility index (Phi) is 7.94. The van der Waals surface area contributed by atoms with Crippen molar-refractivity contribution >= 4 is 28.7 Å². The molecule has 2 amide bonds. The Morgan fingerprint density at radius 3 is 2.44 bits per heavy atom. The summed E-state index contributed by atoms with van der Waals surface area (Å²) in [7, 11) is 0. The molecule has 0 unspecified atom stereocenters. The molecule has 8 heteroatoms. The Bertz CT molecular complexity index is 1240. The number of aliphatic imine (C=N–C) groups is 1. The normalized spacial score (nSPS) is 17.8. The van der Waals surface area contributed by atoms with E-state index >= 15 is 4.39 Å². The van der Waals surface area contributed by atoms with Crippen molar-refractivity contribution in [1.29, 1.82) is 0 Å². The number of halogens is 1. The number of amides is 2. The van der Waals surface area contributed by atoms with Gasteiger partial charge in [-0.25, -0.2) is 9.38 Å². The zero-order chi connectivity index (χ0) is 25.8. The van der Waals surface area contributed by atoms with Crippen molar-refractivity contribution in [2.45, 2.75) is 46.2 Å². The predicted octanol–water partition coefficient (Wildman–Crippen LogP) is 5.54. The Morgan fingerprint density at radius 2 is 1.78 bits per heavy atom. The number of benzene rings is 2. The van der Waals surface area contributed by atoms with E-state index < -0.39 is 11.9 Å². The second kappa shape index (κ2) is 11.1. The van der Waals surface area contributed by atoms with Crippen LogP contribution in [0.2, 0.25) is 0 Å². The number of rotatable bonds is 8. The summed E-state index contributed by atoms with van der Waals surface area (Å²) in [5, 5.41) is 5.55. The van der Waals surface area contributed by atoms with Gasteiger partial charge in [-0.15, -0.1) is 0 Å². The summed E-state index contributed by atoms with van der Waals surface area (Å²) in [5.74, 6) is -0.735. The number of hydrogen-bond donors (Lipinski definition) is 1. The average molecular weight is 507 g/mol. The van der Waals surface area contributed by atoms with Crippen molar-refractivity contribution in [3.05, 3.63) is 93.9 Å². The van der Waals surface area contributed by atoms with Gasteiger partial charge in [0, 0.05) is 24.4 Å². The molecule has 0 aliphatic carbocycles. The molecule has 2 atom stereocenters. The fourth-order valence-electron chi connectivity index (χ4n) is 4.60. The number of nitrogens with one attached hydrogen (secondary N) is 1. The molecular formula is C28H31FN4O2S.